The summed E-state index contributed by atoms with van der Waals surface area (Å²) in [4.78, 5) is 8.25. The quantitative estimate of drug-likeness (QED) is 0.500. The van der Waals surface area contributed by atoms with E-state index in [1.54, 1.807) is 19.3 Å². The Morgan fingerprint density at radius 2 is 1.95 bits per heavy atom. The Bertz CT molecular complexity index is 626. The highest BCUT2D eigenvalue weighted by molar-refractivity contribution is 6.31. The van der Waals surface area contributed by atoms with E-state index in [4.69, 9.17) is 23.2 Å². The maximum absolute atomic E-state index is 6.13. The Hall–Kier alpha value is -1.78. The normalized spacial score (nSPS) is 11.3. The molecule has 0 saturated carbocycles. The third-order valence-corrected chi connectivity index (χ3v) is 3.71. The van der Waals surface area contributed by atoms with Crippen LogP contribution in [0.25, 0.3) is 0 Å². The monoisotopic (exact) mass is 336 g/mol. The van der Waals surface area contributed by atoms with Crippen molar-refractivity contribution in [3.63, 3.8) is 0 Å². The maximum Gasteiger partial charge on any atom is 0.191 e. The number of aromatic nitrogens is 1. The lowest BCUT2D eigenvalue weighted by Gasteiger charge is -2.12. The van der Waals surface area contributed by atoms with Crippen LogP contribution in [-0.2, 0) is 13.0 Å². The molecule has 6 heteroatoms. The Morgan fingerprint density at radius 1 is 1.14 bits per heavy atom. The summed E-state index contributed by atoms with van der Waals surface area (Å²) in [5.41, 5.74) is 2.16. The van der Waals surface area contributed by atoms with E-state index in [9.17, 15) is 0 Å². The van der Waals surface area contributed by atoms with Gasteiger partial charge in [0.2, 0.25) is 0 Å². The maximum atomic E-state index is 6.13. The highest BCUT2D eigenvalue weighted by atomic mass is 35.5. The minimum Gasteiger partial charge on any atom is -0.356 e. The number of guanidine groups is 1. The average Bonchev–Trinajstić information content (AvgIpc) is 2.54. The minimum atomic E-state index is 0.508. The Labute approximate surface area is 140 Å². The lowest BCUT2D eigenvalue weighted by molar-refractivity contribution is 0.793. The van der Waals surface area contributed by atoms with Crippen LogP contribution >= 0.6 is 23.2 Å². The van der Waals surface area contributed by atoms with Crippen LogP contribution in [0.15, 0.2) is 47.6 Å². The molecule has 0 amide bonds. The molecule has 2 N–H and O–H groups in total. The average molecular weight is 337 g/mol. The molecule has 0 bridgehead atoms. The van der Waals surface area contributed by atoms with Crippen molar-refractivity contribution in [2.24, 2.45) is 4.99 Å². The van der Waals surface area contributed by atoms with E-state index in [1.165, 1.54) is 0 Å². The number of nitrogens with one attached hydrogen (secondary N) is 2. The molecule has 0 aliphatic rings. The van der Waals surface area contributed by atoms with Gasteiger partial charge in [-0.25, -0.2) is 4.98 Å². The number of hydrogen-bond acceptors (Lipinski definition) is 2. The number of aliphatic imine (C=N–C) groups is 1. The lowest BCUT2D eigenvalue weighted by atomic mass is 10.2. The highest BCUT2D eigenvalue weighted by Crippen LogP contribution is 2.14. The molecule has 0 atom stereocenters. The van der Waals surface area contributed by atoms with E-state index < -0.39 is 0 Å². The van der Waals surface area contributed by atoms with Gasteiger partial charge < -0.3 is 10.6 Å². The van der Waals surface area contributed by atoms with Gasteiger partial charge in [-0.1, -0.05) is 47.5 Å². The third kappa shape index (κ3) is 5.20. The Morgan fingerprint density at radius 3 is 2.64 bits per heavy atom. The van der Waals surface area contributed by atoms with Crippen LogP contribution in [0, 0.1) is 0 Å². The molecular formula is C16H18Cl2N4. The third-order valence-electron chi connectivity index (χ3n) is 3.12. The smallest absolute Gasteiger partial charge is 0.191 e. The summed E-state index contributed by atoms with van der Waals surface area (Å²) in [5.74, 6) is 0.738. The van der Waals surface area contributed by atoms with E-state index in [-0.39, 0.29) is 0 Å². The molecule has 0 aliphatic heterocycles. The van der Waals surface area contributed by atoms with Gasteiger partial charge in [-0.15, -0.1) is 0 Å². The number of benzene rings is 1. The Kier molecular flexibility index (Phi) is 6.49. The molecule has 0 unspecified atom stereocenters. The van der Waals surface area contributed by atoms with Crippen LogP contribution in [0.5, 0.6) is 0 Å². The zero-order valence-electron chi connectivity index (χ0n) is 12.3. The zero-order valence-corrected chi connectivity index (χ0v) is 13.8. The van der Waals surface area contributed by atoms with E-state index in [0.29, 0.717) is 11.7 Å². The fraction of sp³-hybridized carbons (Fsp3) is 0.250. The molecule has 1 heterocycles. The van der Waals surface area contributed by atoms with Gasteiger partial charge >= 0.3 is 0 Å². The fourth-order valence-electron chi connectivity index (χ4n) is 1.92. The minimum absolute atomic E-state index is 0.508. The number of halogens is 2. The molecule has 2 aromatic rings. The predicted molar refractivity (Wildman–Crippen MR) is 92.6 cm³/mol. The van der Waals surface area contributed by atoms with Crippen LogP contribution in [0.2, 0.25) is 10.2 Å². The molecule has 0 spiro atoms. The van der Waals surface area contributed by atoms with Crippen LogP contribution in [0.1, 0.15) is 11.1 Å². The van der Waals surface area contributed by atoms with Gasteiger partial charge in [0, 0.05) is 31.4 Å². The van der Waals surface area contributed by atoms with E-state index >= 15 is 0 Å². The molecule has 0 aliphatic carbocycles. The predicted octanol–water partition coefficient (Wildman–Crippen LogP) is 3.30. The van der Waals surface area contributed by atoms with Gasteiger partial charge in [-0.2, -0.15) is 0 Å². The van der Waals surface area contributed by atoms with Crippen molar-refractivity contribution in [2.75, 3.05) is 13.6 Å². The molecule has 0 radical (unpaired) electrons. The molecular weight excluding hydrogens is 319 g/mol. The molecule has 0 saturated heterocycles. The molecule has 1 aromatic heterocycles. The molecule has 4 nitrogen and oxygen atoms in total. The first-order valence-electron chi connectivity index (χ1n) is 6.97. The van der Waals surface area contributed by atoms with Gasteiger partial charge in [-0.3, -0.25) is 4.99 Å². The summed E-state index contributed by atoms with van der Waals surface area (Å²) in [5, 5.41) is 7.75. The van der Waals surface area contributed by atoms with E-state index in [0.717, 1.165) is 35.1 Å². The second-order valence-corrected chi connectivity index (χ2v) is 5.48. The van der Waals surface area contributed by atoms with Crippen LogP contribution < -0.4 is 10.6 Å². The SMILES string of the molecule is CN=C(NCCc1ccc(Cl)nc1)NCc1ccccc1Cl. The van der Waals surface area contributed by atoms with Crippen molar-refractivity contribution in [3.8, 4) is 0 Å². The van der Waals surface area contributed by atoms with E-state index in [1.807, 2.05) is 30.3 Å². The summed E-state index contributed by atoms with van der Waals surface area (Å²) in [6.07, 6.45) is 2.63. The van der Waals surface area contributed by atoms with Crippen molar-refractivity contribution in [2.45, 2.75) is 13.0 Å². The van der Waals surface area contributed by atoms with Gasteiger partial charge in [0.15, 0.2) is 5.96 Å². The van der Waals surface area contributed by atoms with Crippen LogP contribution in [0.3, 0.4) is 0 Å². The van der Waals surface area contributed by atoms with Crippen LogP contribution in [-0.4, -0.2) is 24.5 Å². The molecule has 116 valence electrons. The number of hydrogen-bond donors (Lipinski definition) is 2. The topological polar surface area (TPSA) is 49.3 Å². The molecule has 2 rings (SSSR count). The van der Waals surface area contributed by atoms with Crippen LogP contribution in [0.4, 0.5) is 0 Å². The van der Waals surface area contributed by atoms with Crippen molar-refractivity contribution in [3.05, 3.63) is 63.9 Å². The summed E-state index contributed by atoms with van der Waals surface area (Å²) in [6, 6.07) is 11.5. The van der Waals surface area contributed by atoms with Gasteiger partial charge in [-0.05, 0) is 29.7 Å². The van der Waals surface area contributed by atoms with Gasteiger partial charge in [0.25, 0.3) is 0 Å². The summed E-state index contributed by atoms with van der Waals surface area (Å²) >= 11 is 11.9. The molecule has 0 fully saturated rings. The van der Waals surface area contributed by atoms with Crippen molar-refractivity contribution in [1.82, 2.24) is 15.6 Å². The first-order chi connectivity index (χ1) is 10.7. The van der Waals surface area contributed by atoms with Crippen molar-refractivity contribution < 1.29 is 0 Å². The summed E-state index contributed by atoms with van der Waals surface area (Å²) in [7, 11) is 1.74. The van der Waals surface area contributed by atoms with Crippen molar-refractivity contribution in [1.29, 1.82) is 0 Å². The number of rotatable bonds is 5. The second-order valence-electron chi connectivity index (χ2n) is 4.68. The second kappa shape index (κ2) is 8.61. The fourth-order valence-corrected chi connectivity index (χ4v) is 2.24. The number of nitrogens with zero attached hydrogens (tertiary/aromatic N) is 2. The number of pyridine rings is 1. The standard InChI is InChI=1S/C16H18Cl2N4/c1-19-16(22-11-13-4-2-3-5-14(13)17)20-9-8-12-6-7-15(18)21-10-12/h2-7,10H,8-9,11H2,1H3,(H2,19,20,22). The highest BCUT2D eigenvalue weighted by Gasteiger charge is 2.01. The van der Waals surface area contributed by atoms with E-state index in [2.05, 4.69) is 20.6 Å². The summed E-state index contributed by atoms with van der Waals surface area (Å²) < 4.78 is 0. The van der Waals surface area contributed by atoms with Crippen molar-refractivity contribution >= 4 is 29.2 Å². The van der Waals surface area contributed by atoms with Gasteiger partial charge in [0.05, 0.1) is 0 Å². The molecule has 1 aromatic carbocycles. The summed E-state index contributed by atoms with van der Waals surface area (Å²) in [6.45, 7) is 1.38. The zero-order chi connectivity index (χ0) is 15.8. The lowest BCUT2D eigenvalue weighted by Crippen LogP contribution is -2.37. The molecule has 22 heavy (non-hydrogen) atoms. The first-order valence-corrected chi connectivity index (χ1v) is 7.73. The van der Waals surface area contributed by atoms with Gasteiger partial charge in [0.1, 0.15) is 5.15 Å². The Balaban J connectivity index is 1.78. The largest absolute Gasteiger partial charge is 0.356 e. The first kappa shape index (κ1) is 16.6.